The Kier molecular flexibility index (Phi) is 3.38. The molecule has 0 amide bonds. The van der Waals surface area contributed by atoms with E-state index < -0.39 is 0 Å². The quantitative estimate of drug-likeness (QED) is 0.561. The molecule has 0 saturated heterocycles. The third-order valence-electron chi connectivity index (χ3n) is 1.91. The fourth-order valence-corrected chi connectivity index (χ4v) is 1.28. The van der Waals surface area contributed by atoms with Gasteiger partial charge in [0.15, 0.2) is 0 Å². The molecule has 0 aliphatic rings. The van der Waals surface area contributed by atoms with E-state index in [1.165, 1.54) is 6.08 Å². The van der Waals surface area contributed by atoms with Crippen LogP contribution in [0.1, 0.15) is 11.1 Å². The van der Waals surface area contributed by atoms with Gasteiger partial charge in [0.05, 0.1) is 5.69 Å². The van der Waals surface area contributed by atoms with Gasteiger partial charge in [-0.15, -0.1) is 0 Å². The van der Waals surface area contributed by atoms with Crippen LogP contribution >= 0.6 is 0 Å². The van der Waals surface area contributed by atoms with Gasteiger partial charge < -0.3 is 5.11 Å². The lowest BCUT2D eigenvalue weighted by atomic mass is 10.0. The van der Waals surface area contributed by atoms with Gasteiger partial charge in [0.1, 0.15) is 0 Å². The first-order valence-electron chi connectivity index (χ1n) is 4.07. The summed E-state index contributed by atoms with van der Waals surface area (Å²) in [4.78, 5) is 13.7. The second-order valence-electron chi connectivity index (χ2n) is 2.75. The highest BCUT2D eigenvalue weighted by atomic mass is 16.2. The van der Waals surface area contributed by atoms with Gasteiger partial charge in [-0.3, -0.25) is 0 Å². The van der Waals surface area contributed by atoms with Gasteiger partial charge in [-0.1, -0.05) is 12.1 Å². The second-order valence-corrected chi connectivity index (χ2v) is 2.75. The van der Waals surface area contributed by atoms with Crippen LogP contribution < -0.4 is 0 Å². The van der Waals surface area contributed by atoms with Crippen molar-refractivity contribution >= 4 is 11.8 Å². The van der Waals surface area contributed by atoms with Crippen molar-refractivity contribution in [3.63, 3.8) is 0 Å². The molecular weight excluding hydrogens is 166 g/mol. The van der Waals surface area contributed by atoms with Crippen molar-refractivity contribution in [1.29, 1.82) is 0 Å². The first-order chi connectivity index (χ1) is 6.29. The van der Waals surface area contributed by atoms with Crippen LogP contribution in [0.15, 0.2) is 23.2 Å². The largest absolute Gasteiger partial charge is 0.396 e. The van der Waals surface area contributed by atoms with E-state index in [0.717, 1.165) is 11.1 Å². The van der Waals surface area contributed by atoms with Crippen molar-refractivity contribution in [2.75, 3.05) is 6.61 Å². The molecule has 0 aliphatic heterocycles. The van der Waals surface area contributed by atoms with Crippen LogP contribution in [0.5, 0.6) is 0 Å². The number of hydrogen-bond donors (Lipinski definition) is 1. The van der Waals surface area contributed by atoms with Crippen LogP contribution in [0.3, 0.4) is 0 Å². The molecule has 3 heteroatoms. The van der Waals surface area contributed by atoms with Crippen LogP contribution in [0.4, 0.5) is 5.69 Å². The van der Waals surface area contributed by atoms with Gasteiger partial charge in [-0.25, -0.2) is 4.79 Å². The number of hydrogen-bond acceptors (Lipinski definition) is 3. The van der Waals surface area contributed by atoms with Gasteiger partial charge in [-0.05, 0) is 30.5 Å². The highest BCUT2D eigenvalue weighted by Gasteiger charge is 2.03. The predicted octanol–water partition coefficient (Wildman–Crippen LogP) is 1.50. The minimum atomic E-state index is 0.0617. The van der Waals surface area contributed by atoms with Gasteiger partial charge in [-0.2, -0.15) is 4.99 Å². The molecule has 1 aromatic rings. The van der Waals surface area contributed by atoms with E-state index in [1.807, 2.05) is 19.1 Å². The van der Waals surface area contributed by atoms with Crippen LogP contribution in [0.2, 0.25) is 0 Å². The lowest BCUT2D eigenvalue weighted by Gasteiger charge is -2.05. The summed E-state index contributed by atoms with van der Waals surface area (Å²) in [5, 5.41) is 8.80. The Morgan fingerprint density at radius 2 is 2.31 bits per heavy atom. The zero-order valence-electron chi connectivity index (χ0n) is 7.45. The first-order valence-corrected chi connectivity index (χ1v) is 4.07. The molecule has 0 spiro atoms. The molecule has 0 atom stereocenters. The Morgan fingerprint density at radius 3 is 2.92 bits per heavy atom. The van der Waals surface area contributed by atoms with Crippen molar-refractivity contribution in [2.24, 2.45) is 4.99 Å². The number of carbonyl (C=O) groups excluding carboxylic acids is 1. The summed E-state index contributed by atoms with van der Waals surface area (Å²) in [5.74, 6) is 0. The second kappa shape index (κ2) is 4.55. The number of aryl methyl sites for hydroxylation is 1. The molecule has 68 valence electrons. The third kappa shape index (κ3) is 2.25. The molecule has 1 N–H and O–H groups in total. The zero-order valence-corrected chi connectivity index (χ0v) is 7.45. The number of nitrogens with zero attached hydrogens (tertiary/aromatic N) is 1. The van der Waals surface area contributed by atoms with Crippen molar-refractivity contribution in [3.05, 3.63) is 29.3 Å². The van der Waals surface area contributed by atoms with Crippen LogP contribution in [0.25, 0.3) is 0 Å². The lowest BCUT2D eigenvalue weighted by molar-refractivity contribution is 0.299. The number of benzene rings is 1. The third-order valence-corrected chi connectivity index (χ3v) is 1.91. The molecule has 0 saturated carbocycles. The van der Waals surface area contributed by atoms with Crippen molar-refractivity contribution in [3.8, 4) is 0 Å². The molecule has 0 fully saturated rings. The summed E-state index contributed by atoms with van der Waals surface area (Å²) in [6, 6.07) is 5.49. The van der Waals surface area contributed by atoms with Gasteiger partial charge in [0.2, 0.25) is 6.08 Å². The molecule has 0 bridgehead atoms. The SMILES string of the molecule is Cc1cccc(N=C=O)c1CCO. The van der Waals surface area contributed by atoms with Crippen molar-refractivity contribution < 1.29 is 9.90 Å². The maximum atomic E-state index is 10.1. The number of aliphatic hydroxyl groups excluding tert-OH is 1. The lowest BCUT2D eigenvalue weighted by Crippen LogP contribution is -1.94. The minimum Gasteiger partial charge on any atom is -0.396 e. The zero-order chi connectivity index (χ0) is 9.68. The number of aliphatic hydroxyl groups is 1. The molecule has 0 unspecified atom stereocenters. The molecule has 1 aromatic carbocycles. The molecule has 1 rings (SSSR count). The molecule has 0 aromatic heterocycles. The first kappa shape index (κ1) is 9.65. The molecule has 0 aliphatic carbocycles. The Labute approximate surface area is 76.7 Å². The van der Waals surface area contributed by atoms with E-state index in [0.29, 0.717) is 12.1 Å². The highest BCUT2D eigenvalue weighted by Crippen LogP contribution is 2.22. The van der Waals surface area contributed by atoms with E-state index in [2.05, 4.69) is 4.99 Å². The normalized spacial score (nSPS) is 9.38. The average molecular weight is 177 g/mol. The fraction of sp³-hybridized carbons (Fsp3) is 0.300. The number of aliphatic imine (C=N–C) groups is 1. The van der Waals surface area contributed by atoms with E-state index >= 15 is 0 Å². The average Bonchev–Trinajstić information content (AvgIpc) is 2.11. The van der Waals surface area contributed by atoms with E-state index in [4.69, 9.17) is 5.11 Å². The number of rotatable bonds is 3. The molecule has 0 radical (unpaired) electrons. The van der Waals surface area contributed by atoms with Crippen LogP contribution in [-0.2, 0) is 11.2 Å². The van der Waals surface area contributed by atoms with Crippen LogP contribution in [-0.4, -0.2) is 17.8 Å². The molecular formula is C10H11NO2. The Bertz CT molecular complexity index is 341. The number of isocyanates is 1. The fourth-order valence-electron chi connectivity index (χ4n) is 1.28. The molecule has 3 nitrogen and oxygen atoms in total. The molecule has 13 heavy (non-hydrogen) atoms. The van der Waals surface area contributed by atoms with Gasteiger partial charge >= 0.3 is 0 Å². The smallest absolute Gasteiger partial charge is 0.240 e. The summed E-state index contributed by atoms with van der Waals surface area (Å²) in [5.41, 5.74) is 2.54. The van der Waals surface area contributed by atoms with E-state index in [1.54, 1.807) is 6.07 Å². The summed E-state index contributed by atoms with van der Waals surface area (Å²) in [6.07, 6.45) is 2.02. The van der Waals surface area contributed by atoms with Gasteiger partial charge in [0, 0.05) is 6.61 Å². The highest BCUT2D eigenvalue weighted by molar-refractivity contribution is 5.56. The summed E-state index contributed by atoms with van der Waals surface area (Å²) >= 11 is 0. The summed E-state index contributed by atoms with van der Waals surface area (Å²) in [6.45, 7) is 1.99. The van der Waals surface area contributed by atoms with Crippen molar-refractivity contribution in [2.45, 2.75) is 13.3 Å². The predicted molar refractivity (Wildman–Crippen MR) is 49.8 cm³/mol. The maximum absolute atomic E-state index is 10.1. The van der Waals surface area contributed by atoms with E-state index in [9.17, 15) is 4.79 Å². The maximum Gasteiger partial charge on any atom is 0.240 e. The summed E-state index contributed by atoms with van der Waals surface area (Å²) in [7, 11) is 0. The Balaban J connectivity index is 3.16. The summed E-state index contributed by atoms with van der Waals surface area (Å²) < 4.78 is 0. The Morgan fingerprint density at radius 1 is 1.54 bits per heavy atom. The standard InChI is InChI=1S/C10H11NO2/c1-8-3-2-4-10(11-7-13)9(8)5-6-12/h2-4,12H,5-6H2,1H3. The monoisotopic (exact) mass is 177 g/mol. The Hall–Kier alpha value is -1.44. The van der Waals surface area contributed by atoms with E-state index in [-0.39, 0.29) is 6.61 Å². The minimum absolute atomic E-state index is 0.0617. The van der Waals surface area contributed by atoms with Crippen LogP contribution in [0, 0.1) is 6.92 Å². The molecule has 0 heterocycles. The topological polar surface area (TPSA) is 49.7 Å². The van der Waals surface area contributed by atoms with Gasteiger partial charge in [0.25, 0.3) is 0 Å². The van der Waals surface area contributed by atoms with Crippen molar-refractivity contribution in [1.82, 2.24) is 0 Å².